The van der Waals surface area contributed by atoms with E-state index >= 15 is 0 Å². The highest BCUT2D eigenvalue weighted by Crippen LogP contribution is 2.28. The lowest BCUT2D eigenvalue weighted by molar-refractivity contribution is 0.0980. The molecule has 1 aliphatic rings. The average molecular weight is 358 g/mol. The van der Waals surface area contributed by atoms with Crippen LogP contribution in [0.3, 0.4) is 0 Å². The standard InChI is InChI=1S/C22H22N4O/c1-16-24-19(14-21(25-16)23-15-17-8-3-2-4-9-17)22(27)26-13-7-11-18-10-5-6-12-20(18)26/h2-6,8-10,12,14H,7,11,13,15H2,1H3,(H,23,24,25). The number of hydrogen-bond donors (Lipinski definition) is 1. The Labute approximate surface area is 159 Å². The molecule has 1 amide bonds. The van der Waals surface area contributed by atoms with Crippen molar-refractivity contribution in [3.63, 3.8) is 0 Å². The molecule has 27 heavy (non-hydrogen) atoms. The summed E-state index contributed by atoms with van der Waals surface area (Å²) in [5.74, 6) is 1.18. The van der Waals surface area contributed by atoms with Crippen LogP contribution in [0.15, 0.2) is 60.7 Å². The largest absolute Gasteiger partial charge is 0.366 e. The normalized spacial score (nSPS) is 13.1. The Hall–Kier alpha value is -3.21. The molecule has 5 nitrogen and oxygen atoms in total. The smallest absolute Gasteiger partial charge is 0.277 e. The fraction of sp³-hybridized carbons (Fsp3) is 0.227. The minimum Gasteiger partial charge on any atom is -0.366 e. The number of rotatable bonds is 4. The first-order valence-electron chi connectivity index (χ1n) is 9.24. The summed E-state index contributed by atoms with van der Waals surface area (Å²) in [5.41, 5.74) is 3.79. The van der Waals surface area contributed by atoms with Gasteiger partial charge in [0.15, 0.2) is 0 Å². The maximum atomic E-state index is 13.1. The van der Waals surface area contributed by atoms with Crippen molar-refractivity contribution < 1.29 is 4.79 Å². The van der Waals surface area contributed by atoms with Gasteiger partial charge in [-0.3, -0.25) is 4.79 Å². The third kappa shape index (κ3) is 3.82. The Morgan fingerprint density at radius 1 is 1.07 bits per heavy atom. The van der Waals surface area contributed by atoms with Crippen molar-refractivity contribution in [2.45, 2.75) is 26.3 Å². The zero-order valence-corrected chi connectivity index (χ0v) is 15.4. The Bertz CT molecular complexity index is 956. The Morgan fingerprint density at radius 3 is 2.70 bits per heavy atom. The fourth-order valence-corrected chi connectivity index (χ4v) is 3.44. The maximum Gasteiger partial charge on any atom is 0.277 e. The predicted octanol–water partition coefficient (Wildman–Crippen LogP) is 3.99. The van der Waals surface area contributed by atoms with Gasteiger partial charge in [-0.05, 0) is 37.0 Å². The van der Waals surface area contributed by atoms with Crippen LogP contribution >= 0.6 is 0 Å². The average Bonchev–Trinajstić information content (AvgIpc) is 2.72. The summed E-state index contributed by atoms with van der Waals surface area (Å²) < 4.78 is 0. The van der Waals surface area contributed by atoms with Crippen LogP contribution in [0.25, 0.3) is 0 Å². The molecule has 0 unspecified atom stereocenters. The predicted molar refractivity (Wildman–Crippen MR) is 107 cm³/mol. The third-order valence-electron chi connectivity index (χ3n) is 4.73. The highest BCUT2D eigenvalue weighted by molar-refractivity contribution is 6.05. The first kappa shape index (κ1) is 17.2. The van der Waals surface area contributed by atoms with Gasteiger partial charge in [0.05, 0.1) is 0 Å². The van der Waals surface area contributed by atoms with Gasteiger partial charge in [-0.15, -0.1) is 0 Å². The zero-order chi connectivity index (χ0) is 18.6. The SMILES string of the molecule is Cc1nc(NCc2ccccc2)cc(C(=O)N2CCCc3ccccc32)n1. The van der Waals surface area contributed by atoms with Crippen LogP contribution in [0.5, 0.6) is 0 Å². The second-order valence-electron chi connectivity index (χ2n) is 6.71. The van der Waals surface area contributed by atoms with Gasteiger partial charge in [-0.1, -0.05) is 48.5 Å². The fourth-order valence-electron chi connectivity index (χ4n) is 3.44. The minimum atomic E-state index is -0.0737. The van der Waals surface area contributed by atoms with Crippen molar-refractivity contribution in [2.24, 2.45) is 0 Å². The monoisotopic (exact) mass is 358 g/mol. The topological polar surface area (TPSA) is 58.1 Å². The van der Waals surface area contributed by atoms with Crippen LogP contribution in [0.2, 0.25) is 0 Å². The van der Waals surface area contributed by atoms with E-state index in [0.717, 1.165) is 24.1 Å². The molecule has 0 saturated heterocycles. The molecule has 0 radical (unpaired) electrons. The van der Waals surface area contributed by atoms with E-state index in [1.807, 2.05) is 48.2 Å². The second-order valence-corrected chi connectivity index (χ2v) is 6.71. The molecule has 0 spiro atoms. The number of carbonyl (C=O) groups excluding carboxylic acids is 1. The van der Waals surface area contributed by atoms with E-state index in [1.54, 1.807) is 6.07 Å². The summed E-state index contributed by atoms with van der Waals surface area (Å²) in [4.78, 5) is 23.8. The van der Waals surface area contributed by atoms with Crippen LogP contribution in [0, 0.1) is 6.92 Å². The maximum absolute atomic E-state index is 13.1. The molecule has 2 aromatic carbocycles. The van der Waals surface area contributed by atoms with Gasteiger partial charge in [0.2, 0.25) is 0 Å². The number of aryl methyl sites for hydroxylation is 2. The van der Waals surface area contributed by atoms with Crippen molar-refractivity contribution in [3.8, 4) is 0 Å². The lowest BCUT2D eigenvalue weighted by Crippen LogP contribution is -2.36. The van der Waals surface area contributed by atoms with E-state index in [1.165, 1.54) is 5.56 Å². The first-order chi connectivity index (χ1) is 13.2. The molecule has 5 heteroatoms. The molecule has 0 saturated carbocycles. The number of carbonyl (C=O) groups is 1. The van der Waals surface area contributed by atoms with Crippen LogP contribution in [0.4, 0.5) is 11.5 Å². The van der Waals surface area contributed by atoms with Gasteiger partial charge in [0.25, 0.3) is 5.91 Å². The van der Waals surface area contributed by atoms with E-state index in [-0.39, 0.29) is 5.91 Å². The van der Waals surface area contributed by atoms with Crippen molar-refractivity contribution in [3.05, 3.63) is 83.3 Å². The number of aromatic nitrogens is 2. The van der Waals surface area contributed by atoms with Crippen molar-refractivity contribution in [2.75, 3.05) is 16.8 Å². The summed E-state index contributed by atoms with van der Waals surface area (Å²) in [6.45, 7) is 3.18. The van der Waals surface area contributed by atoms with Gasteiger partial charge in [-0.2, -0.15) is 0 Å². The molecule has 1 aliphatic heterocycles. The molecule has 1 N–H and O–H groups in total. The molecule has 4 rings (SSSR count). The molecule has 0 bridgehead atoms. The van der Waals surface area contributed by atoms with Crippen LogP contribution in [0.1, 0.15) is 33.9 Å². The lowest BCUT2D eigenvalue weighted by Gasteiger charge is -2.29. The Kier molecular flexibility index (Phi) is 4.83. The molecule has 3 aromatic rings. The highest BCUT2D eigenvalue weighted by atomic mass is 16.2. The van der Waals surface area contributed by atoms with Crippen molar-refractivity contribution in [1.82, 2.24) is 9.97 Å². The minimum absolute atomic E-state index is 0.0737. The zero-order valence-electron chi connectivity index (χ0n) is 15.4. The van der Waals surface area contributed by atoms with E-state index in [4.69, 9.17) is 0 Å². The Morgan fingerprint density at radius 2 is 1.85 bits per heavy atom. The van der Waals surface area contributed by atoms with E-state index in [2.05, 4.69) is 33.5 Å². The number of nitrogens with one attached hydrogen (secondary N) is 1. The van der Waals surface area contributed by atoms with Crippen molar-refractivity contribution >= 4 is 17.4 Å². The summed E-state index contributed by atoms with van der Waals surface area (Å²) in [5, 5.41) is 3.30. The first-order valence-corrected chi connectivity index (χ1v) is 9.24. The lowest BCUT2D eigenvalue weighted by atomic mass is 10.0. The number of hydrogen-bond acceptors (Lipinski definition) is 4. The number of benzene rings is 2. The van der Waals surface area contributed by atoms with Crippen LogP contribution in [-0.2, 0) is 13.0 Å². The second kappa shape index (κ2) is 7.58. The summed E-state index contributed by atoms with van der Waals surface area (Å²) >= 11 is 0. The van der Waals surface area contributed by atoms with Gasteiger partial charge in [0.1, 0.15) is 17.3 Å². The number of amides is 1. The number of nitrogens with zero attached hydrogens (tertiary/aromatic N) is 3. The molecular formula is C22H22N4O. The number of para-hydroxylation sites is 1. The summed E-state index contributed by atoms with van der Waals surface area (Å²) in [6.07, 6.45) is 1.97. The summed E-state index contributed by atoms with van der Waals surface area (Å²) in [6, 6.07) is 19.9. The van der Waals surface area contributed by atoms with Gasteiger partial charge in [-0.25, -0.2) is 9.97 Å². The third-order valence-corrected chi connectivity index (χ3v) is 4.73. The van der Waals surface area contributed by atoms with Crippen LogP contribution < -0.4 is 10.2 Å². The Balaban J connectivity index is 1.57. The number of fused-ring (bicyclic) bond motifs is 1. The molecule has 0 aliphatic carbocycles. The molecule has 0 atom stereocenters. The summed E-state index contributed by atoms with van der Waals surface area (Å²) in [7, 11) is 0. The molecule has 0 fully saturated rings. The molecule has 136 valence electrons. The molecule has 1 aromatic heterocycles. The van der Waals surface area contributed by atoms with Crippen molar-refractivity contribution in [1.29, 1.82) is 0 Å². The van der Waals surface area contributed by atoms with Gasteiger partial charge >= 0.3 is 0 Å². The molecule has 2 heterocycles. The van der Waals surface area contributed by atoms with E-state index in [0.29, 0.717) is 30.4 Å². The van der Waals surface area contributed by atoms with E-state index in [9.17, 15) is 4.79 Å². The highest BCUT2D eigenvalue weighted by Gasteiger charge is 2.24. The van der Waals surface area contributed by atoms with Crippen LogP contribution in [-0.4, -0.2) is 22.4 Å². The quantitative estimate of drug-likeness (QED) is 0.766. The van der Waals surface area contributed by atoms with Gasteiger partial charge < -0.3 is 10.2 Å². The van der Waals surface area contributed by atoms with Gasteiger partial charge in [0, 0.05) is 24.8 Å². The molecular weight excluding hydrogens is 336 g/mol. The van der Waals surface area contributed by atoms with E-state index < -0.39 is 0 Å². The number of anilines is 2.